The van der Waals surface area contributed by atoms with Crippen LogP contribution in [0.4, 0.5) is 13.2 Å². The topological polar surface area (TPSA) is 29.1 Å². The van der Waals surface area contributed by atoms with E-state index in [1.807, 2.05) is 0 Å². The van der Waals surface area contributed by atoms with E-state index < -0.39 is 11.7 Å². The third-order valence-corrected chi connectivity index (χ3v) is 4.28. The lowest BCUT2D eigenvalue weighted by Gasteiger charge is -2.08. The van der Waals surface area contributed by atoms with E-state index in [9.17, 15) is 18.0 Å². The lowest BCUT2D eigenvalue weighted by atomic mass is 10.1. The van der Waals surface area contributed by atoms with Gasteiger partial charge in [0.15, 0.2) is 0 Å². The van der Waals surface area contributed by atoms with Crippen molar-refractivity contribution in [2.75, 3.05) is 0 Å². The third kappa shape index (κ3) is 10.1. The molecule has 142 valence electrons. The van der Waals surface area contributed by atoms with Gasteiger partial charge < -0.3 is 5.32 Å². The minimum atomic E-state index is -4.32. The van der Waals surface area contributed by atoms with Crippen molar-refractivity contribution in [1.29, 1.82) is 0 Å². The molecule has 0 unspecified atom stereocenters. The molecule has 25 heavy (non-hydrogen) atoms. The molecule has 2 nitrogen and oxygen atoms in total. The summed E-state index contributed by atoms with van der Waals surface area (Å²) in [6.07, 6.45) is 6.98. The Morgan fingerprint density at radius 3 is 1.92 bits per heavy atom. The Kier molecular flexibility index (Phi) is 10.3. The van der Waals surface area contributed by atoms with Crippen molar-refractivity contribution in [3.05, 3.63) is 35.4 Å². The number of hydrogen-bond acceptors (Lipinski definition) is 1. The quantitative estimate of drug-likeness (QED) is 0.441. The van der Waals surface area contributed by atoms with Crippen LogP contribution in [0.1, 0.15) is 82.3 Å². The van der Waals surface area contributed by atoms with E-state index in [1.54, 1.807) is 0 Å². The first kappa shape index (κ1) is 21.5. The van der Waals surface area contributed by atoms with Crippen LogP contribution in [0.15, 0.2) is 24.3 Å². The van der Waals surface area contributed by atoms with Gasteiger partial charge in [-0.1, -0.05) is 70.4 Å². The number of hydrogen-bond donors (Lipinski definition) is 1. The summed E-state index contributed by atoms with van der Waals surface area (Å²) in [5.74, 6) is -0.0390. The molecule has 0 radical (unpaired) electrons. The summed E-state index contributed by atoms with van der Waals surface area (Å²) in [5, 5.41) is 2.76. The van der Waals surface area contributed by atoms with Crippen LogP contribution in [0, 0.1) is 0 Å². The van der Waals surface area contributed by atoms with Gasteiger partial charge in [0.05, 0.1) is 5.56 Å². The number of nitrogens with one attached hydrogen (secondary N) is 1. The number of rotatable bonds is 12. The van der Waals surface area contributed by atoms with Crippen LogP contribution < -0.4 is 5.32 Å². The van der Waals surface area contributed by atoms with Crippen LogP contribution >= 0.6 is 0 Å². The molecule has 1 aromatic carbocycles. The number of unbranched alkanes of at least 4 members (excludes halogenated alkanes) is 8. The number of alkyl halides is 3. The minimum absolute atomic E-state index is 0.0390. The first-order chi connectivity index (χ1) is 11.9. The predicted octanol–water partition coefficient (Wildman–Crippen LogP) is 6.24. The molecule has 5 heteroatoms. The summed E-state index contributed by atoms with van der Waals surface area (Å²) >= 11 is 0. The van der Waals surface area contributed by atoms with E-state index in [4.69, 9.17) is 0 Å². The van der Waals surface area contributed by atoms with Crippen LogP contribution in [0.3, 0.4) is 0 Å². The van der Waals surface area contributed by atoms with Crippen LogP contribution in [-0.4, -0.2) is 5.91 Å². The Balaban J connectivity index is 2.07. The second kappa shape index (κ2) is 11.9. The fourth-order valence-corrected chi connectivity index (χ4v) is 2.70. The first-order valence-electron chi connectivity index (χ1n) is 9.36. The second-order valence-corrected chi connectivity index (χ2v) is 6.55. The van der Waals surface area contributed by atoms with Crippen molar-refractivity contribution in [3.8, 4) is 0 Å². The number of halogens is 3. The van der Waals surface area contributed by atoms with Crippen molar-refractivity contribution in [3.63, 3.8) is 0 Å². The molecule has 0 aliphatic heterocycles. The van der Waals surface area contributed by atoms with E-state index in [2.05, 4.69) is 12.2 Å². The molecule has 0 heterocycles. The fourth-order valence-electron chi connectivity index (χ4n) is 2.70. The molecule has 1 amide bonds. The van der Waals surface area contributed by atoms with Crippen molar-refractivity contribution < 1.29 is 18.0 Å². The Hall–Kier alpha value is -1.52. The molecule has 0 bridgehead atoms. The highest BCUT2D eigenvalue weighted by Gasteiger charge is 2.29. The van der Waals surface area contributed by atoms with E-state index >= 15 is 0 Å². The van der Waals surface area contributed by atoms with Crippen molar-refractivity contribution in [2.45, 2.75) is 83.9 Å². The maximum atomic E-state index is 12.5. The maximum Gasteiger partial charge on any atom is 0.416 e. The molecule has 1 rings (SSSR count). The fraction of sp³-hybridized carbons (Fsp3) is 0.650. The lowest BCUT2D eigenvalue weighted by molar-refractivity contribution is -0.137. The smallest absolute Gasteiger partial charge is 0.352 e. The van der Waals surface area contributed by atoms with Crippen molar-refractivity contribution in [2.24, 2.45) is 0 Å². The molecule has 0 aromatic heterocycles. The molecule has 1 N–H and O–H groups in total. The van der Waals surface area contributed by atoms with Gasteiger partial charge >= 0.3 is 6.18 Å². The zero-order valence-corrected chi connectivity index (χ0v) is 15.1. The molecule has 0 fully saturated rings. The summed E-state index contributed by atoms with van der Waals surface area (Å²) in [4.78, 5) is 11.8. The van der Waals surface area contributed by atoms with Gasteiger partial charge in [0.25, 0.3) is 0 Å². The van der Waals surface area contributed by atoms with E-state index in [1.165, 1.54) is 50.7 Å². The van der Waals surface area contributed by atoms with Gasteiger partial charge in [0, 0.05) is 13.0 Å². The standard InChI is InChI=1S/C20H30F3NO/c1-2-3-4-5-6-7-8-9-10-11-19(25)24-16-17-12-14-18(15-13-17)20(21,22)23/h12-15H,2-11,16H2,1H3,(H,24,25). The first-order valence-corrected chi connectivity index (χ1v) is 9.36. The molecule has 0 saturated heterocycles. The maximum absolute atomic E-state index is 12.5. The van der Waals surface area contributed by atoms with Gasteiger partial charge in [-0.2, -0.15) is 13.2 Å². The molecule has 0 aliphatic carbocycles. The monoisotopic (exact) mass is 357 g/mol. The number of carbonyl (C=O) groups excluding carboxylic acids is 1. The molecule has 0 saturated carbocycles. The Labute approximate surface area is 149 Å². The van der Waals surface area contributed by atoms with E-state index in [0.29, 0.717) is 12.0 Å². The number of carbonyl (C=O) groups is 1. The molecule has 0 atom stereocenters. The van der Waals surface area contributed by atoms with Crippen LogP contribution in [0.25, 0.3) is 0 Å². The van der Waals surface area contributed by atoms with Crippen LogP contribution in [-0.2, 0) is 17.5 Å². The van der Waals surface area contributed by atoms with Crippen molar-refractivity contribution in [1.82, 2.24) is 5.32 Å². The van der Waals surface area contributed by atoms with Gasteiger partial charge in [0.2, 0.25) is 5.91 Å². The zero-order valence-electron chi connectivity index (χ0n) is 15.1. The normalized spacial score (nSPS) is 11.5. The average Bonchev–Trinajstić information content (AvgIpc) is 2.58. The molecular weight excluding hydrogens is 327 g/mol. The predicted molar refractivity (Wildman–Crippen MR) is 95.1 cm³/mol. The summed E-state index contributed by atoms with van der Waals surface area (Å²) in [6, 6.07) is 4.90. The molecular formula is C20H30F3NO. The summed E-state index contributed by atoms with van der Waals surface area (Å²) in [5.41, 5.74) is 0.00528. The highest BCUT2D eigenvalue weighted by molar-refractivity contribution is 5.75. The van der Waals surface area contributed by atoms with Crippen LogP contribution in [0.2, 0.25) is 0 Å². The van der Waals surface area contributed by atoms with E-state index in [0.717, 1.165) is 31.4 Å². The SMILES string of the molecule is CCCCCCCCCCCC(=O)NCc1ccc(C(F)(F)F)cc1. The van der Waals surface area contributed by atoms with Gasteiger partial charge in [-0.25, -0.2) is 0 Å². The minimum Gasteiger partial charge on any atom is -0.352 e. The largest absolute Gasteiger partial charge is 0.416 e. The van der Waals surface area contributed by atoms with E-state index in [-0.39, 0.29) is 12.5 Å². The second-order valence-electron chi connectivity index (χ2n) is 6.55. The van der Waals surface area contributed by atoms with Gasteiger partial charge in [-0.3, -0.25) is 4.79 Å². The van der Waals surface area contributed by atoms with Crippen molar-refractivity contribution >= 4 is 5.91 Å². The summed E-state index contributed by atoms with van der Waals surface area (Å²) in [7, 11) is 0. The summed E-state index contributed by atoms with van der Waals surface area (Å²) < 4.78 is 37.4. The Bertz CT molecular complexity index is 483. The van der Waals surface area contributed by atoms with Crippen LogP contribution in [0.5, 0.6) is 0 Å². The lowest BCUT2D eigenvalue weighted by Crippen LogP contribution is -2.22. The Morgan fingerprint density at radius 1 is 0.880 bits per heavy atom. The number of amides is 1. The van der Waals surface area contributed by atoms with Gasteiger partial charge in [-0.05, 0) is 24.1 Å². The Morgan fingerprint density at radius 2 is 1.40 bits per heavy atom. The molecule has 0 aliphatic rings. The average molecular weight is 357 g/mol. The molecule has 1 aromatic rings. The number of benzene rings is 1. The van der Waals surface area contributed by atoms with Gasteiger partial charge in [-0.15, -0.1) is 0 Å². The highest BCUT2D eigenvalue weighted by atomic mass is 19.4. The summed E-state index contributed by atoms with van der Waals surface area (Å²) in [6.45, 7) is 2.48. The van der Waals surface area contributed by atoms with Gasteiger partial charge in [0.1, 0.15) is 0 Å². The third-order valence-electron chi connectivity index (χ3n) is 4.28. The molecule has 0 spiro atoms. The highest BCUT2D eigenvalue weighted by Crippen LogP contribution is 2.29. The zero-order chi connectivity index (χ0) is 18.5.